The predicted molar refractivity (Wildman–Crippen MR) is 23.7 cm³/mol. The lowest BCUT2D eigenvalue weighted by molar-refractivity contribution is -0.263. The van der Waals surface area contributed by atoms with Crippen LogP contribution < -0.4 is 5.11 Å². The first-order valence-corrected chi connectivity index (χ1v) is 2.10. The highest BCUT2D eigenvalue weighted by atomic mass is 16.4. The first-order chi connectivity index (χ1) is 3.18. The fraction of sp³-hybridized carbons (Fsp3) is 0.750. The number of hydrogen-bond acceptors (Lipinski definition) is 2. The van der Waals surface area contributed by atoms with Gasteiger partial charge in [-0.3, -0.25) is 0 Å². The summed E-state index contributed by atoms with van der Waals surface area (Å²) >= 11 is 0. The van der Waals surface area contributed by atoms with E-state index in [1.165, 1.54) is 7.05 Å². The first kappa shape index (κ1) is 6.27. The molecule has 0 aromatic heterocycles. The van der Waals surface area contributed by atoms with Gasteiger partial charge in [0.2, 0.25) is 0 Å². The molecule has 0 radical (unpaired) electrons. The van der Waals surface area contributed by atoms with Gasteiger partial charge in [-0.15, -0.1) is 0 Å². The molecule has 0 aliphatic heterocycles. The van der Waals surface area contributed by atoms with E-state index in [1.807, 2.05) is 0 Å². The zero-order valence-electron chi connectivity index (χ0n) is 4.47. The minimum atomic E-state index is -1.12. The zero-order valence-corrected chi connectivity index (χ0v) is 4.47. The number of carbonyl (C=O) groups is 1. The Balaban J connectivity index is 3.34. The maximum Gasteiger partial charge on any atom is 0.136 e. The van der Waals surface area contributed by atoms with Crippen molar-refractivity contribution in [2.24, 2.45) is 0 Å². The molecule has 0 spiro atoms. The normalized spacial score (nSPS) is 8.29. The van der Waals surface area contributed by atoms with E-state index in [4.69, 9.17) is 0 Å². The summed E-state index contributed by atoms with van der Waals surface area (Å²) in [6.07, 6.45) is -1.12. The Morgan fingerprint density at radius 1 is 1.86 bits per heavy atom. The van der Waals surface area contributed by atoms with Crippen LogP contribution in [-0.2, 0) is 0 Å². The summed E-state index contributed by atoms with van der Waals surface area (Å²) in [5.41, 5.74) is 0. The second-order valence-corrected chi connectivity index (χ2v) is 1.28. The number of amides is 1. The van der Waals surface area contributed by atoms with Gasteiger partial charge >= 0.3 is 0 Å². The average molecular weight is 102 g/mol. The van der Waals surface area contributed by atoms with Crippen molar-refractivity contribution in [2.75, 3.05) is 13.6 Å². The molecule has 0 saturated heterocycles. The van der Waals surface area contributed by atoms with Crippen molar-refractivity contribution >= 4 is 6.09 Å². The number of rotatable bonds is 1. The average Bonchev–Trinajstić information content (AvgIpc) is 1.65. The summed E-state index contributed by atoms with van der Waals surface area (Å²) in [7, 11) is 1.47. The Labute approximate surface area is 42.5 Å². The summed E-state index contributed by atoms with van der Waals surface area (Å²) in [6, 6.07) is 0. The summed E-state index contributed by atoms with van der Waals surface area (Å²) in [5, 5.41) is 9.75. The monoisotopic (exact) mass is 102 g/mol. The third kappa shape index (κ3) is 2.03. The van der Waals surface area contributed by atoms with E-state index in [9.17, 15) is 9.90 Å². The highest BCUT2D eigenvalue weighted by molar-refractivity contribution is 5.61. The summed E-state index contributed by atoms with van der Waals surface area (Å²) in [5.74, 6) is 0. The van der Waals surface area contributed by atoms with Crippen LogP contribution in [-0.4, -0.2) is 24.6 Å². The molecule has 0 aromatic carbocycles. The largest absolute Gasteiger partial charge is 0.530 e. The van der Waals surface area contributed by atoms with Gasteiger partial charge in [-0.25, -0.2) is 0 Å². The van der Waals surface area contributed by atoms with Crippen LogP contribution in [0.1, 0.15) is 6.92 Å². The lowest BCUT2D eigenvalue weighted by Gasteiger charge is -2.15. The molecule has 3 heteroatoms. The molecular formula is C4H8NO2-. The van der Waals surface area contributed by atoms with Crippen LogP contribution in [0.25, 0.3) is 0 Å². The molecule has 42 valence electrons. The highest BCUT2D eigenvalue weighted by Crippen LogP contribution is 1.74. The number of hydrogen-bond donors (Lipinski definition) is 0. The van der Waals surface area contributed by atoms with Crippen LogP contribution in [0.5, 0.6) is 0 Å². The van der Waals surface area contributed by atoms with Gasteiger partial charge in [0.25, 0.3) is 0 Å². The fourth-order valence-electron chi connectivity index (χ4n) is 0.129. The summed E-state index contributed by atoms with van der Waals surface area (Å²) in [4.78, 5) is 10.8. The van der Waals surface area contributed by atoms with E-state index in [0.717, 1.165) is 4.90 Å². The van der Waals surface area contributed by atoms with Gasteiger partial charge in [0.1, 0.15) is 6.09 Å². The molecule has 0 aromatic rings. The molecule has 0 bridgehead atoms. The number of carboxylic acid groups (broad SMARTS) is 1. The standard InChI is InChI=1S/C4H9NO2/c1-3-5(2)4(6)7/h3H2,1-2H3,(H,6,7)/p-1. The van der Waals surface area contributed by atoms with Crippen LogP contribution in [0, 0.1) is 0 Å². The van der Waals surface area contributed by atoms with Crippen LogP contribution in [0.2, 0.25) is 0 Å². The van der Waals surface area contributed by atoms with Crippen LogP contribution >= 0.6 is 0 Å². The Morgan fingerprint density at radius 3 is 2.29 bits per heavy atom. The van der Waals surface area contributed by atoms with Gasteiger partial charge in [0.15, 0.2) is 0 Å². The van der Waals surface area contributed by atoms with Gasteiger partial charge in [0.05, 0.1) is 0 Å². The third-order valence-corrected chi connectivity index (χ3v) is 0.786. The molecule has 1 amide bonds. The van der Waals surface area contributed by atoms with Gasteiger partial charge in [-0.1, -0.05) is 0 Å². The maximum atomic E-state index is 9.75. The SMILES string of the molecule is CCN(C)C(=O)[O-]. The molecule has 7 heavy (non-hydrogen) atoms. The van der Waals surface area contributed by atoms with Crippen molar-refractivity contribution in [2.45, 2.75) is 6.92 Å². The zero-order chi connectivity index (χ0) is 5.86. The molecule has 0 heterocycles. The van der Waals surface area contributed by atoms with Crippen molar-refractivity contribution in [3.8, 4) is 0 Å². The maximum absolute atomic E-state index is 9.75. The Hall–Kier alpha value is -0.730. The van der Waals surface area contributed by atoms with Crippen molar-refractivity contribution in [1.82, 2.24) is 4.90 Å². The quantitative estimate of drug-likeness (QED) is 0.438. The molecular weight excluding hydrogens is 94.0 g/mol. The topological polar surface area (TPSA) is 43.4 Å². The van der Waals surface area contributed by atoms with Gasteiger partial charge in [0, 0.05) is 13.6 Å². The minimum absolute atomic E-state index is 0.488. The van der Waals surface area contributed by atoms with Crippen molar-refractivity contribution in [3.63, 3.8) is 0 Å². The molecule has 0 atom stereocenters. The lowest BCUT2D eigenvalue weighted by Crippen LogP contribution is -2.37. The molecule has 0 aliphatic rings. The van der Waals surface area contributed by atoms with E-state index >= 15 is 0 Å². The second kappa shape index (κ2) is 2.44. The Bertz CT molecular complexity index is 72.1. The molecule has 0 aliphatic carbocycles. The molecule has 0 N–H and O–H groups in total. The number of carbonyl (C=O) groups excluding carboxylic acids is 1. The molecule has 0 saturated carbocycles. The molecule has 3 nitrogen and oxygen atoms in total. The van der Waals surface area contributed by atoms with Crippen molar-refractivity contribution < 1.29 is 9.90 Å². The minimum Gasteiger partial charge on any atom is -0.530 e. The van der Waals surface area contributed by atoms with Gasteiger partial charge < -0.3 is 14.8 Å². The fourth-order valence-corrected chi connectivity index (χ4v) is 0.129. The number of nitrogens with zero attached hydrogens (tertiary/aromatic N) is 1. The van der Waals surface area contributed by atoms with Crippen LogP contribution in [0.15, 0.2) is 0 Å². The molecule has 0 fully saturated rings. The lowest BCUT2D eigenvalue weighted by atomic mass is 10.7. The van der Waals surface area contributed by atoms with E-state index in [2.05, 4.69) is 0 Å². The molecule has 0 rings (SSSR count). The summed E-state index contributed by atoms with van der Waals surface area (Å²) in [6.45, 7) is 2.23. The van der Waals surface area contributed by atoms with Crippen molar-refractivity contribution in [3.05, 3.63) is 0 Å². The van der Waals surface area contributed by atoms with Crippen LogP contribution in [0.4, 0.5) is 4.79 Å². The highest BCUT2D eigenvalue weighted by Gasteiger charge is 1.86. The van der Waals surface area contributed by atoms with Gasteiger partial charge in [-0.05, 0) is 6.92 Å². The van der Waals surface area contributed by atoms with E-state index < -0.39 is 6.09 Å². The van der Waals surface area contributed by atoms with E-state index in [1.54, 1.807) is 6.92 Å². The first-order valence-electron chi connectivity index (χ1n) is 2.10. The predicted octanol–water partition coefficient (Wildman–Crippen LogP) is -0.719. The summed E-state index contributed by atoms with van der Waals surface area (Å²) < 4.78 is 0. The van der Waals surface area contributed by atoms with Crippen LogP contribution in [0.3, 0.4) is 0 Å². The Kier molecular flexibility index (Phi) is 2.19. The van der Waals surface area contributed by atoms with E-state index in [-0.39, 0.29) is 0 Å². The van der Waals surface area contributed by atoms with Crippen molar-refractivity contribution in [1.29, 1.82) is 0 Å². The van der Waals surface area contributed by atoms with Gasteiger partial charge in [-0.2, -0.15) is 0 Å². The van der Waals surface area contributed by atoms with E-state index in [0.29, 0.717) is 6.54 Å². The third-order valence-electron chi connectivity index (χ3n) is 0.786. The molecule has 0 unspecified atom stereocenters. The smallest absolute Gasteiger partial charge is 0.136 e. The Morgan fingerprint density at radius 2 is 2.29 bits per heavy atom. The second-order valence-electron chi connectivity index (χ2n) is 1.28.